The van der Waals surface area contributed by atoms with Crippen LogP contribution in [0, 0.1) is 0 Å². The van der Waals surface area contributed by atoms with Crippen molar-refractivity contribution in [1.29, 1.82) is 0 Å². The van der Waals surface area contributed by atoms with E-state index in [2.05, 4.69) is 0 Å². The van der Waals surface area contributed by atoms with Gasteiger partial charge in [-0.2, -0.15) is 0 Å². The number of hydrogen-bond acceptors (Lipinski definition) is 1. The van der Waals surface area contributed by atoms with Gasteiger partial charge in [0.15, 0.2) is 0 Å². The molecule has 0 heterocycles. The van der Waals surface area contributed by atoms with Crippen molar-refractivity contribution in [3.8, 4) is 0 Å². The van der Waals surface area contributed by atoms with E-state index in [1.54, 1.807) is 4.90 Å². The lowest BCUT2D eigenvalue weighted by atomic mass is 10.3. The van der Waals surface area contributed by atoms with Crippen molar-refractivity contribution in [2.75, 3.05) is 11.4 Å². The van der Waals surface area contributed by atoms with Gasteiger partial charge in [-0.3, -0.25) is 4.79 Å². The van der Waals surface area contributed by atoms with E-state index in [9.17, 15) is 4.79 Å². The molecule has 2 nitrogen and oxygen atoms in total. The van der Waals surface area contributed by atoms with Gasteiger partial charge < -0.3 is 4.90 Å². The summed E-state index contributed by atoms with van der Waals surface area (Å²) in [5, 5.41) is 0. The Morgan fingerprint density at radius 3 is 2.45 bits per heavy atom. The molecule has 0 aromatic heterocycles. The highest BCUT2D eigenvalue weighted by atomic mass is 16.2. The number of carbonyl (C=O) groups is 1. The molecular formula is C9H11NO. The van der Waals surface area contributed by atoms with Crippen molar-refractivity contribution >= 4 is 12.1 Å². The van der Waals surface area contributed by atoms with Gasteiger partial charge in [0, 0.05) is 12.2 Å². The Bertz CT molecular complexity index is 220. The maximum absolute atomic E-state index is 10.5. The third-order valence-corrected chi connectivity index (χ3v) is 1.56. The lowest BCUT2D eigenvalue weighted by molar-refractivity contribution is -0.107. The van der Waals surface area contributed by atoms with Crippen LogP contribution < -0.4 is 4.90 Å². The monoisotopic (exact) mass is 150 g/mol. The Morgan fingerprint density at radius 1 is 1.36 bits per heavy atom. The largest absolute Gasteiger partial charge is 0.315 e. The summed E-state index contributed by atoms with van der Waals surface area (Å²) in [7, 11) is 0. The second-order valence-corrected chi connectivity index (χ2v) is 2.23. The fourth-order valence-corrected chi connectivity index (χ4v) is 0.937. The summed E-state index contributed by atoms with van der Waals surface area (Å²) in [5.41, 5.74) is 0.949. The van der Waals surface area contributed by atoms with Gasteiger partial charge in [0.25, 0.3) is 0 Å². The SMILES string of the molecule is CCN([13CH]=O)c1ccccc1. The molecule has 0 saturated carbocycles. The van der Waals surface area contributed by atoms with Crippen LogP contribution in [0.15, 0.2) is 30.3 Å². The average Bonchev–Trinajstić information content (AvgIpc) is 2.09. The molecule has 0 N–H and O–H groups in total. The third kappa shape index (κ3) is 1.80. The predicted octanol–water partition coefficient (Wildman–Crippen LogP) is 1.67. The molecule has 2 heteroatoms. The third-order valence-electron chi connectivity index (χ3n) is 1.56. The highest BCUT2D eigenvalue weighted by molar-refractivity contribution is 5.74. The fourth-order valence-electron chi connectivity index (χ4n) is 0.937. The van der Waals surface area contributed by atoms with Crippen LogP contribution in [0.25, 0.3) is 0 Å². The van der Waals surface area contributed by atoms with Crippen molar-refractivity contribution in [3.63, 3.8) is 0 Å². The van der Waals surface area contributed by atoms with Gasteiger partial charge in [-0.05, 0) is 19.1 Å². The molecule has 1 rings (SSSR count). The van der Waals surface area contributed by atoms with Crippen LogP contribution in [0.3, 0.4) is 0 Å². The van der Waals surface area contributed by atoms with Crippen LogP contribution in [0.4, 0.5) is 5.69 Å². The molecule has 0 radical (unpaired) electrons. The van der Waals surface area contributed by atoms with E-state index in [4.69, 9.17) is 0 Å². The predicted molar refractivity (Wildman–Crippen MR) is 45.5 cm³/mol. The second-order valence-electron chi connectivity index (χ2n) is 2.23. The van der Waals surface area contributed by atoms with E-state index >= 15 is 0 Å². The van der Waals surface area contributed by atoms with Gasteiger partial charge in [0.2, 0.25) is 6.41 Å². The fraction of sp³-hybridized carbons (Fsp3) is 0.222. The second kappa shape index (κ2) is 3.76. The number of rotatable bonds is 3. The van der Waals surface area contributed by atoms with Crippen LogP contribution in [-0.4, -0.2) is 13.0 Å². The summed E-state index contributed by atoms with van der Waals surface area (Å²) in [6, 6.07) is 9.60. The van der Waals surface area contributed by atoms with Crippen molar-refractivity contribution in [3.05, 3.63) is 30.3 Å². The van der Waals surface area contributed by atoms with E-state index in [1.807, 2.05) is 37.3 Å². The summed E-state index contributed by atoms with van der Waals surface area (Å²) in [6.07, 6.45) is 0.843. The Kier molecular flexibility index (Phi) is 2.66. The summed E-state index contributed by atoms with van der Waals surface area (Å²) in [5.74, 6) is 0. The van der Waals surface area contributed by atoms with E-state index in [1.165, 1.54) is 0 Å². The minimum atomic E-state index is 0.716. The highest BCUT2D eigenvalue weighted by Gasteiger charge is 1.98. The van der Waals surface area contributed by atoms with E-state index < -0.39 is 0 Å². The number of carbonyl (C=O) groups excluding carboxylic acids is 1. The minimum absolute atomic E-state index is 0.716. The number of nitrogens with zero attached hydrogens (tertiary/aromatic N) is 1. The normalized spacial score (nSPS) is 9.18. The molecule has 0 bridgehead atoms. The lowest BCUT2D eigenvalue weighted by Crippen LogP contribution is -2.19. The maximum Gasteiger partial charge on any atom is 0.214 e. The summed E-state index contributed by atoms with van der Waals surface area (Å²) >= 11 is 0. The Morgan fingerprint density at radius 2 is 2.00 bits per heavy atom. The lowest BCUT2D eigenvalue weighted by Gasteiger charge is -2.13. The number of para-hydroxylation sites is 1. The molecule has 0 fully saturated rings. The molecule has 0 aliphatic rings. The van der Waals surface area contributed by atoms with E-state index in [0.29, 0.717) is 6.54 Å². The molecule has 1 aromatic carbocycles. The molecule has 0 aliphatic carbocycles. The zero-order valence-corrected chi connectivity index (χ0v) is 6.53. The van der Waals surface area contributed by atoms with Gasteiger partial charge in [-0.1, -0.05) is 18.2 Å². The first-order valence-electron chi connectivity index (χ1n) is 3.65. The molecule has 0 atom stereocenters. The van der Waals surface area contributed by atoms with Crippen LogP contribution in [0.1, 0.15) is 6.92 Å². The van der Waals surface area contributed by atoms with Crippen LogP contribution >= 0.6 is 0 Å². The molecule has 0 spiro atoms. The van der Waals surface area contributed by atoms with Crippen LogP contribution in [0.2, 0.25) is 0 Å². The van der Waals surface area contributed by atoms with Crippen LogP contribution in [-0.2, 0) is 4.79 Å². The molecule has 0 unspecified atom stereocenters. The van der Waals surface area contributed by atoms with Crippen LogP contribution in [0.5, 0.6) is 0 Å². The van der Waals surface area contributed by atoms with Crippen molar-refractivity contribution in [2.45, 2.75) is 6.92 Å². The zero-order valence-electron chi connectivity index (χ0n) is 6.53. The van der Waals surface area contributed by atoms with Gasteiger partial charge in [0.05, 0.1) is 0 Å². The Hall–Kier alpha value is -1.31. The van der Waals surface area contributed by atoms with E-state index in [-0.39, 0.29) is 0 Å². The van der Waals surface area contributed by atoms with E-state index in [0.717, 1.165) is 12.1 Å². The van der Waals surface area contributed by atoms with Crippen molar-refractivity contribution < 1.29 is 4.79 Å². The number of benzene rings is 1. The average molecular weight is 150 g/mol. The summed E-state index contributed by atoms with van der Waals surface area (Å²) in [6.45, 7) is 2.66. The molecular weight excluding hydrogens is 139 g/mol. The highest BCUT2D eigenvalue weighted by Crippen LogP contribution is 2.09. The number of amides is 1. The van der Waals surface area contributed by atoms with Crippen molar-refractivity contribution in [2.24, 2.45) is 0 Å². The first-order chi connectivity index (χ1) is 5.38. The topological polar surface area (TPSA) is 20.3 Å². The summed E-state index contributed by atoms with van der Waals surface area (Å²) < 4.78 is 0. The smallest absolute Gasteiger partial charge is 0.214 e. The quantitative estimate of drug-likeness (QED) is 0.474. The van der Waals surface area contributed by atoms with Gasteiger partial charge in [-0.15, -0.1) is 0 Å². The number of anilines is 1. The molecule has 1 aromatic rings. The summed E-state index contributed by atoms with van der Waals surface area (Å²) in [4.78, 5) is 12.1. The zero-order chi connectivity index (χ0) is 8.10. The van der Waals surface area contributed by atoms with Gasteiger partial charge in [0.1, 0.15) is 0 Å². The minimum Gasteiger partial charge on any atom is -0.315 e. The Balaban J connectivity index is 2.82. The standard InChI is InChI=1S/C9H11NO/c1-2-10(8-11)9-6-4-3-5-7-9/h3-8H,2H2,1H3/i8+1. The number of hydrogen-bond donors (Lipinski definition) is 0. The molecule has 1 amide bonds. The maximum atomic E-state index is 10.5. The van der Waals surface area contributed by atoms with Gasteiger partial charge in [-0.25, -0.2) is 0 Å². The molecule has 0 aliphatic heterocycles. The first kappa shape index (κ1) is 7.79. The molecule has 11 heavy (non-hydrogen) atoms. The van der Waals surface area contributed by atoms with Gasteiger partial charge >= 0.3 is 0 Å². The molecule has 58 valence electrons. The van der Waals surface area contributed by atoms with Crippen molar-refractivity contribution in [1.82, 2.24) is 0 Å². The first-order valence-corrected chi connectivity index (χ1v) is 3.65. The molecule has 0 saturated heterocycles. The Labute approximate surface area is 66.4 Å².